The third-order valence-corrected chi connectivity index (χ3v) is 7.09. The van der Waals surface area contributed by atoms with Gasteiger partial charge in [0.25, 0.3) is 0 Å². The van der Waals surface area contributed by atoms with Gasteiger partial charge in [0, 0.05) is 31.9 Å². The number of para-hydroxylation sites is 1. The van der Waals surface area contributed by atoms with Crippen LogP contribution in [0.25, 0.3) is 0 Å². The average Bonchev–Trinajstić information content (AvgIpc) is 2.62. The van der Waals surface area contributed by atoms with E-state index >= 15 is 0 Å². The molecular weight excluding hydrogens is 344 g/mol. The van der Waals surface area contributed by atoms with Gasteiger partial charge in [0.15, 0.2) is 0 Å². The summed E-state index contributed by atoms with van der Waals surface area (Å²) >= 11 is 0. The van der Waals surface area contributed by atoms with Crippen molar-refractivity contribution in [1.29, 1.82) is 0 Å². The molecule has 2 aromatic carbocycles. The standard InChI is InChI=1S/C21H28N2O2S/c1-16(2)19-8-10-20(11-9-19)26(24,25)23-14-12-22(13-15-23)21-17(3)6-5-7-18(21)4/h5-11,16H,12-15H2,1-4H3. The summed E-state index contributed by atoms with van der Waals surface area (Å²) in [6.07, 6.45) is 0. The number of nitrogens with zero attached hydrogens (tertiary/aromatic N) is 2. The van der Waals surface area contributed by atoms with Gasteiger partial charge in [-0.1, -0.05) is 44.2 Å². The predicted molar refractivity (Wildman–Crippen MR) is 107 cm³/mol. The lowest BCUT2D eigenvalue weighted by atomic mass is 10.0. The van der Waals surface area contributed by atoms with Crippen LogP contribution in [-0.4, -0.2) is 38.9 Å². The molecule has 4 nitrogen and oxygen atoms in total. The summed E-state index contributed by atoms with van der Waals surface area (Å²) in [5.74, 6) is 0.396. The maximum atomic E-state index is 13.0. The maximum Gasteiger partial charge on any atom is 0.243 e. The van der Waals surface area contributed by atoms with Crippen molar-refractivity contribution in [3.05, 3.63) is 59.2 Å². The number of anilines is 1. The van der Waals surface area contributed by atoms with Gasteiger partial charge in [-0.05, 0) is 48.6 Å². The number of aryl methyl sites for hydroxylation is 2. The Kier molecular flexibility index (Phi) is 5.39. The molecule has 0 bridgehead atoms. The fourth-order valence-corrected chi connectivity index (χ4v) is 5.05. The number of sulfonamides is 1. The predicted octanol–water partition coefficient (Wildman–Crippen LogP) is 3.94. The number of benzene rings is 2. The fraction of sp³-hybridized carbons (Fsp3) is 0.429. The van der Waals surface area contributed by atoms with Gasteiger partial charge in [0.05, 0.1) is 4.90 Å². The van der Waals surface area contributed by atoms with Gasteiger partial charge in [-0.3, -0.25) is 0 Å². The molecule has 1 heterocycles. The molecule has 1 saturated heterocycles. The van der Waals surface area contributed by atoms with Crippen molar-refractivity contribution < 1.29 is 8.42 Å². The molecule has 0 aromatic heterocycles. The average molecular weight is 373 g/mol. The highest BCUT2D eigenvalue weighted by molar-refractivity contribution is 7.89. The van der Waals surface area contributed by atoms with E-state index in [-0.39, 0.29) is 0 Å². The Labute approximate surface area is 157 Å². The molecule has 0 aliphatic carbocycles. The molecule has 3 rings (SSSR count). The second-order valence-electron chi connectivity index (χ2n) is 7.36. The number of hydrogen-bond donors (Lipinski definition) is 0. The zero-order chi connectivity index (χ0) is 18.9. The van der Waals surface area contributed by atoms with Crippen molar-refractivity contribution in [1.82, 2.24) is 4.31 Å². The zero-order valence-electron chi connectivity index (χ0n) is 16.1. The molecule has 0 amide bonds. The Balaban J connectivity index is 1.74. The summed E-state index contributed by atoms with van der Waals surface area (Å²) in [4.78, 5) is 2.70. The summed E-state index contributed by atoms with van der Waals surface area (Å²) in [6.45, 7) is 10.9. The molecule has 140 valence electrons. The second-order valence-corrected chi connectivity index (χ2v) is 9.29. The van der Waals surface area contributed by atoms with Crippen LogP contribution in [0, 0.1) is 13.8 Å². The van der Waals surface area contributed by atoms with Crippen LogP contribution in [-0.2, 0) is 10.0 Å². The smallest absolute Gasteiger partial charge is 0.243 e. The first-order valence-corrected chi connectivity index (χ1v) is 10.7. The van der Waals surface area contributed by atoms with Crippen molar-refractivity contribution in [2.45, 2.75) is 38.5 Å². The SMILES string of the molecule is Cc1cccc(C)c1N1CCN(S(=O)(=O)c2ccc(C(C)C)cc2)CC1. The van der Waals surface area contributed by atoms with E-state index in [1.165, 1.54) is 16.8 Å². The van der Waals surface area contributed by atoms with Gasteiger partial charge in [0.1, 0.15) is 0 Å². The Morgan fingerprint density at radius 3 is 1.88 bits per heavy atom. The van der Waals surface area contributed by atoms with Crippen LogP contribution >= 0.6 is 0 Å². The molecule has 26 heavy (non-hydrogen) atoms. The second kappa shape index (κ2) is 7.41. The highest BCUT2D eigenvalue weighted by Crippen LogP contribution is 2.27. The van der Waals surface area contributed by atoms with Crippen LogP contribution in [0.5, 0.6) is 0 Å². The molecule has 0 N–H and O–H groups in total. The van der Waals surface area contributed by atoms with Gasteiger partial charge in [0.2, 0.25) is 10.0 Å². The molecule has 0 saturated carbocycles. The third kappa shape index (κ3) is 3.64. The highest BCUT2D eigenvalue weighted by atomic mass is 32.2. The first-order valence-electron chi connectivity index (χ1n) is 9.22. The Morgan fingerprint density at radius 1 is 0.846 bits per heavy atom. The molecule has 2 aromatic rings. The van der Waals surface area contributed by atoms with E-state index < -0.39 is 10.0 Å². The molecule has 0 atom stereocenters. The molecule has 1 aliphatic heterocycles. The lowest BCUT2D eigenvalue weighted by Crippen LogP contribution is -2.49. The molecule has 5 heteroatoms. The molecular formula is C21H28N2O2S. The summed E-state index contributed by atoms with van der Waals surface area (Å²) < 4.78 is 27.5. The lowest BCUT2D eigenvalue weighted by molar-refractivity contribution is 0.384. The Hall–Kier alpha value is -1.85. The summed E-state index contributed by atoms with van der Waals surface area (Å²) in [5, 5.41) is 0. The largest absolute Gasteiger partial charge is 0.368 e. The van der Waals surface area contributed by atoms with Crippen molar-refractivity contribution in [3.8, 4) is 0 Å². The van der Waals surface area contributed by atoms with Gasteiger partial charge in [-0.15, -0.1) is 0 Å². The highest BCUT2D eigenvalue weighted by Gasteiger charge is 2.29. The van der Waals surface area contributed by atoms with Crippen LogP contribution in [0.2, 0.25) is 0 Å². The van der Waals surface area contributed by atoms with Crippen LogP contribution in [0.1, 0.15) is 36.5 Å². The van der Waals surface area contributed by atoms with Crippen LogP contribution < -0.4 is 4.90 Å². The molecule has 1 aliphatic rings. The van der Waals surface area contributed by atoms with E-state index in [0.29, 0.717) is 23.9 Å². The first-order chi connectivity index (χ1) is 12.3. The normalized spacial score (nSPS) is 16.3. The minimum atomic E-state index is -3.42. The van der Waals surface area contributed by atoms with Crippen molar-refractivity contribution >= 4 is 15.7 Å². The number of piperazine rings is 1. The van der Waals surface area contributed by atoms with E-state index in [2.05, 4.69) is 50.8 Å². The van der Waals surface area contributed by atoms with Crippen LogP contribution in [0.3, 0.4) is 0 Å². The van der Waals surface area contributed by atoms with Gasteiger partial charge in [-0.2, -0.15) is 4.31 Å². The lowest BCUT2D eigenvalue weighted by Gasteiger charge is -2.37. The van der Waals surface area contributed by atoms with Gasteiger partial charge >= 0.3 is 0 Å². The van der Waals surface area contributed by atoms with E-state index in [1.54, 1.807) is 16.4 Å². The zero-order valence-corrected chi connectivity index (χ0v) is 16.9. The fourth-order valence-electron chi connectivity index (χ4n) is 3.63. The molecule has 0 spiro atoms. The van der Waals surface area contributed by atoms with Crippen molar-refractivity contribution in [2.75, 3.05) is 31.1 Å². The van der Waals surface area contributed by atoms with Gasteiger partial charge in [-0.25, -0.2) is 8.42 Å². The van der Waals surface area contributed by atoms with Gasteiger partial charge < -0.3 is 4.90 Å². The quantitative estimate of drug-likeness (QED) is 0.816. The van der Waals surface area contributed by atoms with E-state index in [9.17, 15) is 8.42 Å². The summed E-state index contributed by atoms with van der Waals surface area (Å²) in [7, 11) is -3.42. The van der Waals surface area contributed by atoms with E-state index in [0.717, 1.165) is 18.7 Å². The summed E-state index contributed by atoms with van der Waals surface area (Å²) in [6, 6.07) is 13.6. The minimum Gasteiger partial charge on any atom is -0.368 e. The Morgan fingerprint density at radius 2 is 1.38 bits per heavy atom. The van der Waals surface area contributed by atoms with Crippen molar-refractivity contribution in [3.63, 3.8) is 0 Å². The van der Waals surface area contributed by atoms with E-state index in [1.807, 2.05) is 12.1 Å². The maximum absolute atomic E-state index is 13.0. The van der Waals surface area contributed by atoms with E-state index in [4.69, 9.17) is 0 Å². The molecule has 1 fully saturated rings. The summed E-state index contributed by atoms with van der Waals surface area (Å²) in [5.41, 5.74) is 4.88. The Bertz CT molecular complexity index is 845. The number of rotatable bonds is 4. The minimum absolute atomic E-state index is 0.391. The third-order valence-electron chi connectivity index (χ3n) is 5.18. The first kappa shape index (κ1) is 18.9. The monoisotopic (exact) mass is 372 g/mol. The molecule has 0 radical (unpaired) electrons. The topological polar surface area (TPSA) is 40.6 Å². The molecule has 0 unspecified atom stereocenters. The number of hydrogen-bond acceptors (Lipinski definition) is 3. The van der Waals surface area contributed by atoms with Crippen LogP contribution in [0.4, 0.5) is 5.69 Å². The van der Waals surface area contributed by atoms with Crippen LogP contribution in [0.15, 0.2) is 47.4 Å². The van der Waals surface area contributed by atoms with Crippen molar-refractivity contribution in [2.24, 2.45) is 0 Å².